The van der Waals surface area contributed by atoms with Crippen molar-refractivity contribution in [3.63, 3.8) is 0 Å². The Morgan fingerprint density at radius 2 is 1.94 bits per heavy atom. The monoisotopic (exact) mass is 257 g/mol. The maximum Gasteiger partial charge on any atom is 0.401 e. The van der Waals surface area contributed by atoms with E-state index in [4.69, 9.17) is 11.6 Å². The van der Waals surface area contributed by atoms with E-state index in [0.29, 0.717) is 18.3 Å². The minimum Gasteiger partial charge on any atom is -0.292 e. The molecule has 0 N–H and O–H groups in total. The van der Waals surface area contributed by atoms with Gasteiger partial charge in [0.2, 0.25) is 0 Å². The van der Waals surface area contributed by atoms with E-state index < -0.39 is 12.7 Å². The molecule has 0 aromatic heterocycles. The molecule has 1 fully saturated rings. The normalized spacial score (nSPS) is 19.1. The molecule has 0 radical (unpaired) electrons. The third kappa shape index (κ3) is 5.94. The average Bonchev–Trinajstić information content (AvgIpc) is 2.94. The molecule has 0 spiro atoms. The number of hydrogen-bond donors (Lipinski definition) is 0. The summed E-state index contributed by atoms with van der Waals surface area (Å²) in [5.41, 5.74) is 0. The molecular formula is C11H19ClF3N. The van der Waals surface area contributed by atoms with Gasteiger partial charge in [-0.05, 0) is 38.1 Å². The molecule has 0 aromatic rings. The Morgan fingerprint density at radius 1 is 1.31 bits per heavy atom. The van der Waals surface area contributed by atoms with Crippen LogP contribution < -0.4 is 0 Å². The van der Waals surface area contributed by atoms with E-state index in [1.54, 1.807) is 4.90 Å². The third-order valence-electron chi connectivity index (χ3n) is 2.96. The molecule has 1 unspecified atom stereocenters. The first kappa shape index (κ1) is 14.1. The fourth-order valence-corrected chi connectivity index (χ4v) is 2.15. The van der Waals surface area contributed by atoms with Crippen LogP contribution in [0.15, 0.2) is 0 Å². The van der Waals surface area contributed by atoms with E-state index in [0.717, 1.165) is 25.7 Å². The maximum atomic E-state index is 12.3. The highest BCUT2D eigenvalue weighted by molar-refractivity contribution is 6.17. The maximum absolute atomic E-state index is 12.3. The molecule has 1 nitrogen and oxygen atoms in total. The molecule has 1 atom stereocenters. The Kier molecular flexibility index (Phi) is 5.38. The summed E-state index contributed by atoms with van der Waals surface area (Å²) in [5.74, 6) is 0.996. The highest BCUT2D eigenvalue weighted by Crippen LogP contribution is 2.30. The van der Waals surface area contributed by atoms with Gasteiger partial charge in [-0.1, -0.05) is 6.92 Å². The van der Waals surface area contributed by atoms with Gasteiger partial charge in [-0.3, -0.25) is 4.90 Å². The van der Waals surface area contributed by atoms with Crippen molar-refractivity contribution in [2.45, 2.75) is 44.8 Å². The lowest BCUT2D eigenvalue weighted by atomic mass is 10.0. The first-order chi connectivity index (χ1) is 7.42. The van der Waals surface area contributed by atoms with Gasteiger partial charge in [-0.2, -0.15) is 13.2 Å². The van der Waals surface area contributed by atoms with Crippen molar-refractivity contribution in [3.8, 4) is 0 Å². The highest BCUT2D eigenvalue weighted by Gasteiger charge is 2.37. The molecule has 1 aliphatic carbocycles. The van der Waals surface area contributed by atoms with Crippen LogP contribution in [0.2, 0.25) is 0 Å². The summed E-state index contributed by atoms with van der Waals surface area (Å²) in [7, 11) is 0. The number of hydrogen-bond acceptors (Lipinski definition) is 1. The molecule has 0 bridgehead atoms. The minimum atomic E-state index is -4.07. The highest BCUT2D eigenvalue weighted by atomic mass is 35.5. The van der Waals surface area contributed by atoms with E-state index >= 15 is 0 Å². The standard InChI is InChI=1S/C11H19ClF3N/c1-9(4-6-12)5-7-16(10-2-3-10)8-11(13,14)15/h9-10H,2-8H2,1H3. The Labute approximate surface area is 99.9 Å². The number of halogens is 4. The van der Waals surface area contributed by atoms with Crippen LogP contribution in [0, 0.1) is 5.92 Å². The van der Waals surface area contributed by atoms with E-state index in [9.17, 15) is 13.2 Å². The summed E-state index contributed by atoms with van der Waals surface area (Å²) in [6.45, 7) is 1.83. The molecule has 1 rings (SSSR count). The van der Waals surface area contributed by atoms with Crippen LogP contribution >= 0.6 is 11.6 Å². The lowest BCUT2D eigenvalue weighted by Gasteiger charge is -2.24. The second-order valence-corrected chi connectivity index (χ2v) is 5.07. The molecule has 0 amide bonds. The number of nitrogens with zero attached hydrogens (tertiary/aromatic N) is 1. The fraction of sp³-hybridized carbons (Fsp3) is 1.00. The van der Waals surface area contributed by atoms with Gasteiger partial charge in [-0.15, -0.1) is 11.6 Å². The molecule has 0 saturated heterocycles. The van der Waals surface area contributed by atoms with Crippen molar-refractivity contribution < 1.29 is 13.2 Å². The second-order valence-electron chi connectivity index (χ2n) is 4.69. The summed E-state index contributed by atoms with van der Waals surface area (Å²) >= 11 is 5.60. The molecule has 0 aromatic carbocycles. The molecule has 5 heteroatoms. The zero-order valence-electron chi connectivity index (χ0n) is 9.56. The SMILES string of the molecule is CC(CCCl)CCN(CC(F)(F)F)C1CC1. The minimum absolute atomic E-state index is 0.171. The van der Waals surface area contributed by atoms with Gasteiger partial charge in [0.05, 0.1) is 6.54 Å². The fourth-order valence-electron chi connectivity index (χ4n) is 1.78. The predicted molar refractivity (Wildman–Crippen MR) is 59.8 cm³/mol. The summed E-state index contributed by atoms with van der Waals surface area (Å²) in [5, 5.41) is 0. The van der Waals surface area contributed by atoms with Crippen LogP contribution in [0.1, 0.15) is 32.6 Å². The van der Waals surface area contributed by atoms with Gasteiger partial charge in [0.1, 0.15) is 0 Å². The van der Waals surface area contributed by atoms with Crippen molar-refractivity contribution in [3.05, 3.63) is 0 Å². The molecule has 0 heterocycles. The van der Waals surface area contributed by atoms with Crippen molar-refractivity contribution in [2.24, 2.45) is 5.92 Å². The molecule has 0 aliphatic heterocycles. The number of alkyl halides is 4. The van der Waals surface area contributed by atoms with Crippen LogP contribution in [0.5, 0.6) is 0 Å². The van der Waals surface area contributed by atoms with Gasteiger partial charge in [0.15, 0.2) is 0 Å². The Balaban J connectivity index is 2.28. The first-order valence-electron chi connectivity index (χ1n) is 5.79. The molecular weight excluding hydrogens is 239 g/mol. The third-order valence-corrected chi connectivity index (χ3v) is 3.17. The summed E-state index contributed by atoms with van der Waals surface area (Å²) in [4.78, 5) is 1.57. The van der Waals surface area contributed by atoms with Crippen molar-refractivity contribution in [1.82, 2.24) is 4.90 Å². The Morgan fingerprint density at radius 3 is 2.38 bits per heavy atom. The van der Waals surface area contributed by atoms with Crippen LogP contribution in [-0.4, -0.2) is 36.1 Å². The molecule has 16 heavy (non-hydrogen) atoms. The van der Waals surface area contributed by atoms with Crippen LogP contribution in [0.3, 0.4) is 0 Å². The summed E-state index contributed by atoms with van der Waals surface area (Å²) in [6.07, 6.45) is -0.552. The van der Waals surface area contributed by atoms with Gasteiger partial charge in [-0.25, -0.2) is 0 Å². The van der Waals surface area contributed by atoms with Crippen LogP contribution in [0.4, 0.5) is 13.2 Å². The topological polar surface area (TPSA) is 3.24 Å². The predicted octanol–water partition coefficient (Wildman–Crippen LogP) is 3.67. The van der Waals surface area contributed by atoms with Gasteiger partial charge < -0.3 is 0 Å². The lowest BCUT2D eigenvalue weighted by molar-refractivity contribution is -0.147. The smallest absolute Gasteiger partial charge is 0.292 e. The Bertz CT molecular complexity index is 204. The number of rotatable bonds is 7. The zero-order valence-corrected chi connectivity index (χ0v) is 10.3. The second kappa shape index (κ2) is 6.10. The average molecular weight is 258 g/mol. The van der Waals surface area contributed by atoms with Gasteiger partial charge >= 0.3 is 6.18 Å². The summed E-state index contributed by atoms with van der Waals surface area (Å²) < 4.78 is 36.9. The summed E-state index contributed by atoms with van der Waals surface area (Å²) in [6, 6.07) is 0.171. The molecule has 96 valence electrons. The van der Waals surface area contributed by atoms with E-state index in [-0.39, 0.29) is 6.04 Å². The van der Waals surface area contributed by atoms with Crippen LogP contribution in [-0.2, 0) is 0 Å². The van der Waals surface area contributed by atoms with Gasteiger partial charge in [0.25, 0.3) is 0 Å². The van der Waals surface area contributed by atoms with E-state index in [1.807, 2.05) is 6.92 Å². The van der Waals surface area contributed by atoms with E-state index in [2.05, 4.69) is 0 Å². The van der Waals surface area contributed by atoms with Crippen molar-refractivity contribution in [2.75, 3.05) is 19.0 Å². The van der Waals surface area contributed by atoms with Crippen molar-refractivity contribution in [1.29, 1.82) is 0 Å². The van der Waals surface area contributed by atoms with Crippen LogP contribution in [0.25, 0.3) is 0 Å². The van der Waals surface area contributed by atoms with E-state index in [1.165, 1.54) is 0 Å². The Hall–Kier alpha value is 0.0400. The van der Waals surface area contributed by atoms with Gasteiger partial charge in [0, 0.05) is 11.9 Å². The quantitative estimate of drug-likeness (QED) is 0.629. The molecule has 1 saturated carbocycles. The first-order valence-corrected chi connectivity index (χ1v) is 6.32. The molecule has 1 aliphatic rings. The largest absolute Gasteiger partial charge is 0.401 e. The van der Waals surface area contributed by atoms with Crippen molar-refractivity contribution >= 4 is 11.6 Å². The lowest BCUT2D eigenvalue weighted by Crippen LogP contribution is -2.37. The zero-order chi connectivity index (χ0) is 12.2.